The summed E-state index contributed by atoms with van der Waals surface area (Å²) in [6.07, 6.45) is 0. The minimum atomic E-state index is -4.30. The van der Waals surface area contributed by atoms with Gasteiger partial charge in [-0.25, -0.2) is 16.8 Å². The first-order chi connectivity index (χ1) is 11.9. The maximum atomic E-state index is 12.0. The van der Waals surface area contributed by atoms with Crippen molar-refractivity contribution in [2.45, 2.75) is 9.79 Å². The fraction of sp³-hybridized carbons (Fsp3) is 0.143. The number of halogens is 4. The van der Waals surface area contributed by atoms with Gasteiger partial charge in [-0.15, -0.1) is 0 Å². The van der Waals surface area contributed by atoms with Crippen LogP contribution in [-0.4, -0.2) is 31.1 Å². The van der Waals surface area contributed by atoms with E-state index in [9.17, 15) is 16.8 Å². The highest BCUT2D eigenvalue weighted by Crippen LogP contribution is 2.43. The Kier molecular flexibility index (Phi) is 6.27. The Morgan fingerprint density at radius 3 is 1.23 bits per heavy atom. The molecule has 6 nitrogen and oxygen atoms in total. The van der Waals surface area contributed by atoms with Gasteiger partial charge in [-0.1, -0.05) is 23.2 Å². The molecule has 0 amide bonds. The van der Waals surface area contributed by atoms with Crippen LogP contribution in [0.1, 0.15) is 0 Å². The summed E-state index contributed by atoms with van der Waals surface area (Å²) in [6, 6.07) is 4.55. The van der Waals surface area contributed by atoms with Crippen molar-refractivity contribution < 1.29 is 26.3 Å². The summed E-state index contributed by atoms with van der Waals surface area (Å²) >= 11 is 11.9. The third-order valence-electron chi connectivity index (χ3n) is 3.32. The first-order valence-corrected chi connectivity index (χ1v) is 11.9. The first kappa shape index (κ1) is 21.4. The topological polar surface area (TPSA) is 86.7 Å². The molecule has 0 saturated heterocycles. The van der Waals surface area contributed by atoms with E-state index in [1.807, 2.05) is 0 Å². The molecule has 0 radical (unpaired) electrons. The van der Waals surface area contributed by atoms with Gasteiger partial charge in [0.25, 0.3) is 18.1 Å². The molecule has 0 spiro atoms. The number of hydrogen-bond acceptors (Lipinski definition) is 6. The Bertz CT molecular complexity index is 994. The summed E-state index contributed by atoms with van der Waals surface area (Å²) in [6.45, 7) is 0. The summed E-state index contributed by atoms with van der Waals surface area (Å²) in [5.41, 5.74) is -0.203. The monoisotopic (exact) mass is 478 g/mol. The molecule has 12 heteroatoms. The van der Waals surface area contributed by atoms with Gasteiger partial charge in [-0.3, -0.25) is 0 Å². The largest absolute Gasteiger partial charge is 0.495 e. The van der Waals surface area contributed by atoms with Crippen LogP contribution in [0.25, 0.3) is 11.1 Å². The van der Waals surface area contributed by atoms with Gasteiger partial charge in [0.1, 0.15) is 11.5 Å². The maximum Gasteiger partial charge on any atom is 0.261 e. The van der Waals surface area contributed by atoms with Crippen molar-refractivity contribution in [3.8, 4) is 22.6 Å². The van der Waals surface area contributed by atoms with Gasteiger partial charge in [0.15, 0.2) is 0 Å². The predicted molar refractivity (Wildman–Crippen MR) is 101 cm³/mol. The number of rotatable bonds is 5. The minimum absolute atomic E-state index is 0.0355. The second-order valence-electron chi connectivity index (χ2n) is 4.84. The van der Waals surface area contributed by atoms with Crippen molar-refractivity contribution >= 4 is 62.7 Å². The summed E-state index contributed by atoms with van der Waals surface area (Å²) < 4.78 is 58.1. The standard InChI is InChI=1S/C14H10Cl4O6S2/c1-23-11-3-7(13(5-9(11)15)25(17,19)20)8-4-12(24-2)10(16)6-14(8)26(18,21)22/h3-6H,1-2H3. The normalized spacial score (nSPS) is 12.1. The number of benzene rings is 2. The quantitative estimate of drug-likeness (QED) is 0.585. The second kappa shape index (κ2) is 7.61. The van der Waals surface area contributed by atoms with E-state index in [2.05, 4.69) is 0 Å². The van der Waals surface area contributed by atoms with Crippen LogP contribution in [-0.2, 0) is 18.1 Å². The van der Waals surface area contributed by atoms with E-state index in [-0.39, 0.29) is 32.7 Å². The van der Waals surface area contributed by atoms with Gasteiger partial charge in [0.05, 0.1) is 34.1 Å². The fourth-order valence-electron chi connectivity index (χ4n) is 2.21. The lowest BCUT2D eigenvalue weighted by atomic mass is 10.0. The zero-order chi connectivity index (χ0) is 19.9. The summed E-state index contributed by atoms with van der Waals surface area (Å²) in [5.74, 6) is 0.190. The van der Waals surface area contributed by atoms with Gasteiger partial charge < -0.3 is 9.47 Å². The number of methoxy groups -OCH3 is 2. The number of ether oxygens (including phenoxy) is 2. The van der Waals surface area contributed by atoms with Gasteiger partial charge in [-0.2, -0.15) is 0 Å². The average molecular weight is 480 g/mol. The molecule has 0 N–H and O–H groups in total. The van der Waals surface area contributed by atoms with Gasteiger partial charge in [0.2, 0.25) is 0 Å². The van der Waals surface area contributed by atoms with E-state index in [4.69, 9.17) is 54.0 Å². The van der Waals surface area contributed by atoms with Crippen LogP contribution in [0.3, 0.4) is 0 Å². The Morgan fingerprint density at radius 1 is 0.692 bits per heavy atom. The summed E-state index contributed by atoms with van der Waals surface area (Å²) in [5, 5.41) is -0.0710. The van der Waals surface area contributed by atoms with E-state index < -0.39 is 27.9 Å². The molecule has 0 atom stereocenters. The average Bonchev–Trinajstić information content (AvgIpc) is 2.52. The lowest BCUT2D eigenvalue weighted by Crippen LogP contribution is -2.02. The van der Waals surface area contributed by atoms with Crippen molar-refractivity contribution in [2.75, 3.05) is 14.2 Å². The van der Waals surface area contributed by atoms with Crippen molar-refractivity contribution in [3.63, 3.8) is 0 Å². The van der Waals surface area contributed by atoms with Crippen LogP contribution in [0.15, 0.2) is 34.1 Å². The van der Waals surface area contributed by atoms with E-state index in [1.54, 1.807) is 0 Å². The maximum absolute atomic E-state index is 12.0. The van der Waals surface area contributed by atoms with Gasteiger partial charge in [0, 0.05) is 32.5 Å². The molecule has 2 aromatic rings. The SMILES string of the molecule is COc1cc(-c2cc(OC)c(Cl)cc2S(=O)(=O)Cl)c(S(=O)(=O)Cl)cc1Cl. The molecule has 0 aliphatic carbocycles. The Morgan fingerprint density at radius 2 is 1.00 bits per heavy atom. The molecule has 0 saturated carbocycles. The van der Waals surface area contributed by atoms with E-state index >= 15 is 0 Å². The van der Waals surface area contributed by atoms with Crippen LogP contribution in [0.2, 0.25) is 10.0 Å². The van der Waals surface area contributed by atoms with Crippen molar-refractivity contribution in [1.29, 1.82) is 0 Å². The molecular weight excluding hydrogens is 470 g/mol. The second-order valence-corrected chi connectivity index (χ2v) is 10.7. The summed E-state index contributed by atoms with van der Waals surface area (Å²) in [4.78, 5) is -0.869. The fourth-order valence-corrected chi connectivity index (χ4v) is 4.96. The Hall–Kier alpha value is -0.900. The molecule has 0 aliphatic rings. The van der Waals surface area contributed by atoms with Crippen LogP contribution in [0.5, 0.6) is 11.5 Å². The molecule has 2 aromatic carbocycles. The van der Waals surface area contributed by atoms with E-state index in [1.165, 1.54) is 26.4 Å². The third kappa shape index (κ3) is 4.32. The predicted octanol–water partition coefficient (Wildman–Crippen LogP) is 4.53. The Labute approximate surface area is 169 Å². The molecule has 142 valence electrons. The Balaban J connectivity index is 3.04. The van der Waals surface area contributed by atoms with Gasteiger partial charge in [-0.05, 0) is 24.3 Å². The van der Waals surface area contributed by atoms with Crippen molar-refractivity contribution in [3.05, 3.63) is 34.3 Å². The van der Waals surface area contributed by atoms with E-state index in [0.717, 1.165) is 12.1 Å². The summed E-state index contributed by atoms with van der Waals surface area (Å²) in [7, 11) is 4.98. The van der Waals surface area contributed by atoms with Crippen LogP contribution < -0.4 is 9.47 Å². The minimum Gasteiger partial charge on any atom is -0.495 e. The van der Waals surface area contributed by atoms with Crippen LogP contribution in [0.4, 0.5) is 0 Å². The smallest absolute Gasteiger partial charge is 0.261 e. The third-order valence-corrected chi connectivity index (χ3v) is 6.64. The molecule has 26 heavy (non-hydrogen) atoms. The zero-order valence-electron chi connectivity index (χ0n) is 13.1. The molecule has 0 heterocycles. The zero-order valence-corrected chi connectivity index (χ0v) is 17.7. The van der Waals surface area contributed by atoms with Crippen LogP contribution in [0, 0.1) is 0 Å². The molecule has 2 rings (SSSR count). The van der Waals surface area contributed by atoms with E-state index in [0.29, 0.717) is 0 Å². The highest BCUT2D eigenvalue weighted by Gasteiger charge is 2.26. The first-order valence-electron chi connectivity index (χ1n) is 6.55. The molecule has 0 aliphatic heterocycles. The van der Waals surface area contributed by atoms with Crippen molar-refractivity contribution in [2.24, 2.45) is 0 Å². The molecule has 0 bridgehead atoms. The number of hydrogen-bond donors (Lipinski definition) is 0. The molecule has 0 unspecified atom stereocenters. The molecule has 0 aromatic heterocycles. The molecular formula is C14H10Cl4O6S2. The molecule has 0 fully saturated rings. The highest BCUT2D eigenvalue weighted by atomic mass is 35.7. The highest BCUT2D eigenvalue weighted by molar-refractivity contribution is 8.14. The van der Waals surface area contributed by atoms with Gasteiger partial charge >= 0.3 is 0 Å². The van der Waals surface area contributed by atoms with Crippen molar-refractivity contribution in [1.82, 2.24) is 0 Å². The van der Waals surface area contributed by atoms with Crippen LogP contribution >= 0.6 is 44.6 Å². The lowest BCUT2D eigenvalue weighted by Gasteiger charge is -2.15. The lowest BCUT2D eigenvalue weighted by molar-refractivity contribution is 0.414.